The first-order valence-corrected chi connectivity index (χ1v) is 9.11. The molecule has 6 heteroatoms. The summed E-state index contributed by atoms with van der Waals surface area (Å²) in [4.78, 5) is 27.2. The van der Waals surface area contributed by atoms with Gasteiger partial charge in [0.1, 0.15) is 23.3 Å². The van der Waals surface area contributed by atoms with Crippen molar-refractivity contribution in [3.63, 3.8) is 0 Å². The van der Waals surface area contributed by atoms with E-state index in [9.17, 15) is 14.7 Å². The molecule has 0 aliphatic carbocycles. The van der Waals surface area contributed by atoms with Gasteiger partial charge in [0.15, 0.2) is 0 Å². The SMILES string of the molecule is COc1ccccc1CN1C(=O)C(=O)/C(=C(\O)c2ccccc2)C1c1ccco1. The summed E-state index contributed by atoms with van der Waals surface area (Å²) in [5.41, 5.74) is 1.21. The Hall–Kier alpha value is -3.80. The molecule has 1 fully saturated rings. The molecule has 3 aromatic rings. The topological polar surface area (TPSA) is 80.0 Å². The van der Waals surface area contributed by atoms with Gasteiger partial charge in [0.25, 0.3) is 11.7 Å². The van der Waals surface area contributed by atoms with Crippen molar-refractivity contribution in [2.24, 2.45) is 0 Å². The Kier molecular flexibility index (Phi) is 4.91. The van der Waals surface area contributed by atoms with Crippen LogP contribution in [0.5, 0.6) is 5.75 Å². The first-order valence-electron chi connectivity index (χ1n) is 9.11. The normalized spacial score (nSPS) is 18.2. The lowest BCUT2D eigenvalue weighted by atomic mass is 9.99. The number of aliphatic hydroxyl groups excluding tert-OH is 1. The minimum Gasteiger partial charge on any atom is -0.507 e. The molecule has 146 valence electrons. The van der Waals surface area contributed by atoms with E-state index in [4.69, 9.17) is 9.15 Å². The number of ether oxygens (including phenoxy) is 1. The van der Waals surface area contributed by atoms with Crippen molar-refractivity contribution in [3.8, 4) is 5.75 Å². The van der Waals surface area contributed by atoms with Gasteiger partial charge in [-0.25, -0.2) is 0 Å². The number of Topliss-reactive ketones (excluding diaryl/α,β-unsaturated/α-hetero) is 1. The van der Waals surface area contributed by atoms with Crippen molar-refractivity contribution in [1.29, 1.82) is 0 Å². The summed E-state index contributed by atoms with van der Waals surface area (Å²) in [6.45, 7) is 0.130. The van der Waals surface area contributed by atoms with E-state index in [-0.39, 0.29) is 17.9 Å². The number of hydrogen-bond donors (Lipinski definition) is 1. The van der Waals surface area contributed by atoms with E-state index in [1.165, 1.54) is 11.2 Å². The molecule has 29 heavy (non-hydrogen) atoms. The zero-order chi connectivity index (χ0) is 20.4. The molecular formula is C23H19NO5. The fourth-order valence-corrected chi connectivity index (χ4v) is 3.55. The molecule has 0 bridgehead atoms. The van der Waals surface area contributed by atoms with Crippen LogP contribution < -0.4 is 4.74 Å². The maximum absolute atomic E-state index is 12.9. The van der Waals surface area contributed by atoms with E-state index in [0.29, 0.717) is 17.1 Å². The molecule has 1 aromatic heterocycles. The van der Waals surface area contributed by atoms with Gasteiger partial charge >= 0.3 is 0 Å². The van der Waals surface area contributed by atoms with Crippen LogP contribution >= 0.6 is 0 Å². The van der Waals surface area contributed by atoms with Crippen molar-refractivity contribution < 1.29 is 23.8 Å². The molecule has 1 saturated heterocycles. The number of furan rings is 1. The molecular weight excluding hydrogens is 370 g/mol. The number of nitrogens with zero attached hydrogens (tertiary/aromatic N) is 1. The van der Waals surface area contributed by atoms with Crippen LogP contribution in [0, 0.1) is 0 Å². The monoisotopic (exact) mass is 389 g/mol. The van der Waals surface area contributed by atoms with Gasteiger partial charge in [-0.2, -0.15) is 0 Å². The van der Waals surface area contributed by atoms with Crippen LogP contribution in [-0.4, -0.2) is 28.8 Å². The third-order valence-corrected chi connectivity index (χ3v) is 4.93. The van der Waals surface area contributed by atoms with Crippen LogP contribution in [0.2, 0.25) is 0 Å². The number of amides is 1. The van der Waals surface area contributed by atoms with Crippen molar-refractivity contribution in [1.82, 2.24) is 4.90 Å². The summed E-state index contributed by atoms with van der Waals surface area (Å²) in [6.07, 6.45) is 1.47. The molecule has 1 amide bonds. The van der Waals surface area contributed by atoms with Crippen molar-refractivity contribution in [2.75, 3.05) is 7.11 Å². The van der Waals surface area contributed by atoms with E-state index < -0.39 is 17.7 Å². The number of rotatable bonds is 5. The highest BCUT2D eigenvalue weighted by molar-refractivity contribution is 6.46. The fraction of sp³-hybridized carbons (Fsp3) is 0.130. The molecule has 6 nitrogen and oxygen atoms in total. The quantitative estimate of drug-likeness (QED) is 0.407. The predicted octanol–water partition coefficient (Wildman–Crippen LogP) is 3.91. The predicted molar refractivity (Wildman–Crippen MR) is 106 cm³/mol. The lowest BCUT2D eigenvalue weighted by Crippen LogP contribution is -2.29. The number of carbonyl (C=O) groups excluding carboxylic acids is 2. The van der Waals surface area contributed by atoms with Crippen molar-refractivity contribution >= 4 is 17.4 Å². The number of para-hydroxylation sites is 1. The van der Waals surface area contributed by atoms with E-state index in [2.05, 4.69) is 0 Å². The van der Waals surface area contributed by atoms with Gasteiger partial charge in [0, 0.05) is 11.1 Å². The van der Waals surface area contributed by atoms with Gasteiger partial charge in [0.2, 0.25) is 0 Å². The summed E-state index contributed by atoms with van der Waals surface area (Å²) in [5, 5.41) is 10.9. The number of carbonyl (C=O) groups is 2. The summed E-state index contributed by atoms with van der Waals surface area (Å²) >= 11 is 0. The molecule has 4 rings (SSSR count). The zero-order valence-corrected chi connectivity index (χ0v) is 15.7. The first kappa shape index (κ1) is 18.6. The second-order valence-corrected chi connectivity index (χ2v) is 6.62. The van der Waals surface area contributed by atoms with Gasteiger partial charge in [-0.05, 0) is 18.2 Å². The molecule has 1 unspecified atom stereocenters. The molecule has 1 atom stereocenters. The number of methoxy groups -OCH3 is 1. The number of benzene rings is 2. The summed E-state index contributed by atoms with van der Waals surface area (Å²) in [6, 6.07) is 18.5. The van der Waals surface area contributed by atoms with Crippen molar-refractivity contribution in [3.05, 3.63) is 95.5 Å². The number of ketones is 1. The Labute approximate surface area is 167 Å². The Morgan fingerprint density at radius 2 is 1.76 bits per heavy atom. The molecule has 0 spiro atoms. The average molecular weight is 389 g/mol. The zero-order valence-electron chi connectivity index (χ0n) is 15.7. The largest absolute Gasteiger partial charge is 0.507 e. The van der Waals surface area contributed by atoms with Gasteiger partial charge in [0.05, 0.1) is 25.5 Å². The second kappa shape index (κ2) is 7.67. The van der Waals surface area contributed by atoms with Crippen LogP contribution in [0.4, 0.5) is 0 Å². The third-order valence-electron chi connectivity index (χ3n) is 4.93. The van der Waals surface area contributed by atoms with Crippen LogP contribution in [0.3, 0.4) is 0 Å². The van der Waals surface area contributed by atoms with Crippen LogP contribution in [0.15, 0.2) is 83.0 Å². The Morgan fingerprint density at radius 3 is 2.45 bits per heavy atom. The maximum Gasteiger partial charge on any atom is 0.296 e. The standard InChI is InChI=1S/C23H19NO5/c1-28-17-11-6-5-10-16(17)14-24-20(18-12-7-13-29-18)19(22(26)23(24)27)21(25)15-8-3-2-4-9-15/h2-13,20,25H,14H2,1H3/b21-19-. The van der Waals surface area contributed by atoms with E-state index in [0.717, 1.165) is 5.56 Å². The van der Waals surface area contributed by atoms with E-state index >= 15 is 0 Å². The highest BCUT2D eigenvalue weighted by Gasteiger charge is 2.47. The van der Waals surface area contributed by atoms with Crippen LogP contribution in [0.1, 0.15) is 22.9 Å². The minimum atomic E-state index is -0.838. The lowest BCUT2D eigenvalue weighted by molar-refractivity contribution is -0.140. The minimum absolute atomic E-state index is 0.00560. The number of aliphatic hydroxyl groups is 1. The average Bonchev–Trinajstić information content (AvgIpc) is 3.37. The highest BCUT2D eigenvalue weighted by atomic mass is 16.5. The molecule has 1 aliphatic heterocycles. The lowest BCUT2D eigenvalue weighted by Gasteiger charge is -2.24. The van der Waals surface area contributed by atoms with Gasteiger partial charge in [-0.3, -0.25) is 9.59 Å². The van der Waals surface area contributed by atoms with E-state index in [1.54, 1.807) is 55.6 Å². The summed E-state index contributed by atoms with van der Waals surface area (Å²) < 4.78 is 10.9. The van der Waals surface area contributed by atoms with Crippen molar-refractivity contribution in [2.45, 2.75) is 12.6 Å². The van der Waals surface area contributed by atoms with E-state index in [1.807, 2.05) is 18.2 Å². The third kappa shape index (κ3) is 3.29. The van der Waals surface area contributed by atoms with Gasteiger partial charge in [-0.1, -0.05) is 48.5 Å². The molecule has 0 radical (unpaired) electrons. The van der Waals surface area contributed by atoms with Crippen LogP contribution in [0.25, 0.3) is 5.76 Å². The smallest absolute Gasteiger partial charge is 0.296 e. The fourth-order valence-electron chi connectivity index (χ4n) is 3.55. The summed E-state index contributed by atoms with van der Waals surface area (Å²) in [5.74, 6) is -0.669. The second-order valence-electron chi connectivity index (χ2n) is 6.62. The van der Waals surface area contributed by atoms with Crippen LogP contribution in [-0.2, 0) is 16.1 Å². The molecule has 1 aliphatic rings. The molecule has 1 N–H and O–H groups in total. The maximum atomic E-state index is 12.9. The Balaban J connectivity index is 1.83. The van der Waals surface area contributed by atoms with Gasteiger partial charge in [-0.15, -0.1) is 0 Å². The highest BCUT2D eigenvalue weighted by Crippen LogP contribution is 2.41. The molecule has 2 heterocycles. The summed E-state index contributed by atoms with van der Waals surface area (Å²) in [7, 11) is 1.55. The first-order chi connectivity index (χ1) is 14.1. The Bertz CT molecular complexity index is 1070. The number of hydrogen-bond acceptors (Lipinski definition) is 5. The molecule has 0 saturated carbocycles. The van der Waals surface area contributed by atoms with Gasteiger partial charge < -0.3 is 19.2 Å². The molecule has 2 aromatic carbocycles. The number of likely N-dealkylation sites (tertiary alicyclic amines) is 1. The Morgan fingerprint density at radius 1 is 1.03 bits per heavy atom.